The van der Waals surface area contributed by atoms with Crippen LogP contribution in [0.25, 0.3) is 0 Å². The van der Waals surface area contributed by atoms with Gasteiger partial charge in [0.2, 0.25) is 11.8 Å². The molecular formula is C16H20N4O3. The molecule has 0 radical (unpaired) electrons. The molecule has 2 aliphatic rings. The standard InChI is InChI=1S/C16H20N4O3/c1-9(17)7-18-12-4-2-3-10-11(12)8-20(16(10)23)13-5-6-14(21)19-15(13)22/h2-4,9,13,18H,5-8,17H2,1H3,(H,19,21,22). The number of carbonyl (C=O) groups is 3. The molecule has 7 heteroatoms. The van der Waals surface area contributed by atoms with Crippen molar-refractivity contribution in [3.63, 3.8) is 0 Å². The van der Waals surface area contributed by atoms with Crippen molar-refractivity contribution in [2.45, 2.75) is 38.4 Å². The molecule has 3 rings (SSSR count). The van der Waals surface area contributed by atoms with Crippen LogP contribution in [0.2, 0.25) is 0 Å². The Bertz CT molecular complexity index is 671. The van der Waals surface area contributed by atoms with Gasteiger partial charge in [0, 0.05) is 42.4 Å². The minimum Gasteiger partial charge on any atom is -0.383 e. The van der Waals surface area contributed by atoms with E-state index in [1.54, 1.807) is 11.0 Å². The van der Waals surface area contributed by atoms with Gasteiger partial charge in [0.25, 0.3) is 5.91 Å². The zero-order valence-corrected chi connectivity index (χ0v) is 13.0. The van der Waals surface area contributed by atoms with E-state index in [9.17, 15) is 14.4 Å². The van der Waals surface area contributed by atoms with Gasteiger partial charge in [-0.3, -0.25) is 19.7 Å². The smallest absolute Gasteiger partial charge is 0.255 e. The van der Waals surface area contributed by atoms with E-state index in [-0.39, 0.29) is 24.3 Å². The fourth-order valence-corrected chi connectivity index (χ4v) is 3.02. The molecule has 2 aliphatic heterocycles. The van der Waals surface area contributed by atoms with Crippen LogP contribution in [0.15, 0.2) is 18.2 Å². The molecule has 3 amide bonds. The first-order chi connectivity index (χ1) is 11.0. The van der Waals surface area contributed by atoms with Crippen molar-refractivity contribution in [1.29, 1.82) is 0 Å². The van der Waals surface area contributed by atoms with E-state index in [1.165, 1.54) is 0 Å². The highest BCUT2D eigenvalue weighted by Gasteiger charge is 2.39. The van der Waals surface area contributed by atoms with Gasteiger partial charge in [0.05, 0.1) is 0 Å². The number of rotatable bonds is 4. The molecule has 0 bridgehead atoms. The Morgan fingerprint density at radius 1 is 1.39 bits per heavy atom. The van der Waals surface area contributed by atoms with Gasteiger partial charge in [-0.25, -0.2) is 0 Å². The van der Waals surface area contributed by atoms with E-state index in [0.29, 0.717) is 25.1 Å². The molecule has 1 aromatic rings. The van der Waals surface area contributed by atoms with Crippen molar-refractivity contribution >= 4 is 23.4 Å². The number of benzene rings is 1. The monoisotopic (exact) mass is 316 g/mol. The third-order valence-corrected chi connectivity index (χ3v) is 4.20. The van der Waals surface area contributed by atoms with Crippen LogP contribution in [-0.2, 0) is 16.1 Å². The first-order valence-electron chi connectivity index (χ1n) is 7.73. The van der Waals surface area contributed by atoms with Crippen molar-refractivity contribution in [2.24, 2.45) is 5.73 Å². The zero-order valence-electron chi connectivity index (χ0n) is 13.0. The van der Waals surface area contributed by atoms with Gasteiger partial charge in [0.15, 0.2) is 0 Å². The molecular weight excluding hydrogens is 296 g/mol. The second-order valence-electron chi connectivity index (χ2n) is 6.09. The van der Waals surface area contributed by atoms with Gasteiger partial charge in [-0.1, -0.05) is 6.07 Å². The van der Waals surface area contributed by atoms with E-state index in [4.69, 9.17) is 5.73 Å². The summed E-state index contributed by atoms with van der Waals surface area (Å²) in [6, 6.07) is 4.89. The Hall–Kier alpha value is -2.41. The van der Waals surface area contributed by atoms with Gasteiger partial charge in [-0.05, 0) is 25.5 Å². The highest BCUT2D eigenvalue weighted by Crippen LogP contribution is 2.32. The highest BCUT2D eigenvalue weighted by molar-refractivity contribution is 6.06. The lowest BCUT2D eigenvalue weighted by Gasteiger charge is -2.29. The zero-order chi connectivity index (χ0) is 16.6. The molecule has 1 saturated heterocycles. The summed E-state index contributed by atoms with van der Waals surface area (Å²) in [6.45, 7) is 2.86. The van der Waals surface area contributed by atoms with Crippen LogP contribution in [0.5, 0.6) is 0 Å². The van der Waals surface area contributed by atoms with Gasteiger partial charge < -0.3 is 16.0 Å². The average Bonchev–Trinajstić information content (AvgIpc) is 2.83. The van der Waals surface area contributed by atoms with Crippen LogP contribution in [0.4, 0.5) is 5.69 Å². The summed E-state index contributed by atoms with van der Waals surface area (Å²) in [5, 5.41) is 5.55. The number of carbonyl (C=O) groups excluding carboxylic acids is 3. The molecule has 0 saturated carbocycles. The van der Waals surface area contributed by atoms with Crippen LogP contribution in [-0.4, -0.2) is 41.2 Å². The Kier molecular flexibility index (Phi) is 4.04. The second kappa shape index (κ2) is 6.00. The van der Waals surface area contributed by atoms with E-state index in [1.807, 2.05) is 19.1 Å². The molecule has 7 nitrogen and oxygen atoms in total. The maximum Gasteiger partial charge on any atom is 0.255 e. The van der Waals surface area contributed by atoms with Crippen LogP contribution >= 0.6 is 0 Å². The lowest BCUT2D eigenvalue weighted by atomic mass is 10.0. The lowest BCUT2D eigenvalue weighted by molar-refractivity contribution is -0.136. The number of anilines is 1. The van der Waals surface area contributed by atoms with E-state index in [2.05, 4.69) is 10.6 Å². The number of hydrogen-bond donors (Lipinski definition) is 3. The van der Waals surface area contributed by atoms with E-state index < -0.39 is 11.9 Å². The number of fused-ring (bicyclic) bond motifs is 1. The Morgan fingerprint density at radius 2 is 2.17 bits per heavy atom. The lowest BCUT2D eigenvalue weighted by Crippen LogP contribution is -2.52. The minimum atomic E-state index is -0.589. The summed E-state index contributed by atoms with van der Waals surface area (Å²) in [7, 11) is 0. The van der Waals surface area contributed by atoms with Crippen LogP contribution < -0.4 is 16.4 Å². The summed E-state index contributed by atoms with van der Waals surface area (Å²) < 4.78 is 0. The summed E-state index contributed by atoms with van der Waals surface area (Å²) in [4.78, 5) is 37.5. The number of piperidine rings is 1. The van der Waals surface area contributed by atoms with Crippen LogP contribution in [0.3, 0.4) is 0 Å². The van der Waals surface area contributed by atoms with Gasteiger partial charge in [-0.2, -0.15) is 0 Å². The maximum atomic E-state index is 12.6. The molecule has 2 atom stereocenters. The van der Waals surface area contributed by atoms with Gasteiger partial charge in [0.1, 0.15) is 6.04 Å². The second-order valence-corrected chi connectivity index (χ2v) is 6.09. The molecule has 2 heterocycles. The number of nitrogens with two attached hydrogens (primary N) is 1. The van der Waals surface area contributed by atoms with Crippen molar-refractivity contribution in [3.8, 4) is 0 Å². The molecule has 2 unspecified atom stereocenters. The topological polar surface area (TPSA) is 105 Å². The Balaban J connectivity index is 1.82. The number of imide groups is 1. The van der Waals surface area contributed by atoms with Crippen LogP contribution in [0.1, 0.15) is 35.7 Å². The first kappa shape index (κ1) is 15.5. The summed E-state index contributed by atoms with van der Waals surface area (Å²) in [5.74, 6) is -0.846. The van der Waals surface area contributed by atoms with Crippen LogP contribution in [0, 0.1) is 0 Å². The van der Waals surface area contributed by atoms with Crippen molar-refractivity contribution in [2.75, 3.05) is 11.9 Å². The molecule has 122 valence electrons. The Labute approximate surface area is 134 Å². The fraction of sp³-hybridized carbons (Fsp3) is 0.438. The number of nitrogens with zero attached hydrogens (tertiary/aromatic N) is 1. The number of hydrogen-bond acceptors (Lipinski definition) is 5. The molecule has 1 fully saturated rings. The predicted molar refractivity (Wildman–Crippen MR) is 84.6 cm³/mol. The number of nitrogens with one attached hydrogen (secondary N) is 2. The largest absolute Gasteiger partial charge is 0.383 e. The minimum absolute atomic E-state index is 0.00537. The average molecular weight is 316 g/mol. The normalized spacial score (nSPS) is 21.9. The van der Waals surface area contributed by atoms with Crippen molar-refractivity contribution in [1.82, 2.24) is 10.2 Å². The predicted octanol–water partition coefficient (Wildman–Crippen LogP) is 0.207. The third kappa shape index (κ3) is 2.92. The Morgan fingerprint density at radius 3 is 2.87 bits per heavy atom. The van der Waals surface area contributed by atoms with E-state index in [0.717, 1.165) is 11.3 Å². The molecule has 4 N–H and O–H groups in total. The van der Waals surface area contributed by atoms with E-state index >= 15 is 0 Å². The maximum absolute atomic E-state index is 12.6. The van der Waals surface area contributed by atoms with Crippen molar-refractivity contribution in [3.05, 3.63) is 29.3 Å². The quantitative estimate of drug-likeness (QED) is 0.689. The summed E-state index contributed by atoms with van der Waals surface area (Å²) in [5.41, 5.74) is 8.11. The fourth-order valence-electron chi connectivity index (χ4n) is 3.02. The highest BCUT2D eigenvalue weighted by atomic mass is 16.2. The van der Waals surface area contributed by atoms with Crippen molar-refractivity contribution < 1.29 is 14.4 Å². The molecule has 0 spiro atoms. The molecule has 0 aromatic heterocycles. The summed E-state index contributed by atoms with van der Waals surface area (Å²) >= 11 is 0. The molecule has 0 aliphatic carbocycles. The SMILES string of the molecule is CC(N)CNc1cccc2c1CN(C1CCC(=O)NC1=O)C2=O. The molecule has 23 heavy (non-hydrogen) atoms. The summed E-state index contributed by atoms with van der Waals surface area (Å²) in [6.07, 6.45) is 0.624. The van der Waals surface area contributed by atoms with Gasteiger partial charge in [-0.15, -0.1) is 0 Å². The number of amides is 3. The first-order valence-corrected chi connectivity index (χ1v) is 7.73. The third-order valence-electron chi connectivity index (χ3n) is 4.20. The molecule has 1 aromatic carbocycles. The van der Waals surface area contributed by atoms with Gasteiger partial charge >= 0.3 is 0 Å².